The molecule has 4 rings (SSSR count). The van der Waals surface area contributed by atoms with Gasteiger partial charge in [-0.1, -0.05) is 35.9 Å². The zero-order chi connectivity index (χ0) is 20.4. The van der Waals surface area contributed by atoms with Crippen molar-refractivity contribution in [3.63, 3.8) is 0 Å². The van der Waals surface area contributed by atoms with Gasteiger partial charge >= 0.3 is 0 Å². The van der Waals surface area contributed by atoms with Gasteiger partial charge in [0.15, 0.2) is 0 Å². The van der Waals surface area contributed by atoms with Gasteiger partial charge in [0, 0.05) is 69.0 Å². The second kappa shape index (κ2) is 8.56. The Balaban J connectivity index is 1.38. The molecule has 3 heterocycles. The number of fused-ring (bicyclic) bond motifs is 1. The van der Waals surface area contributed by atoms with Crippen molar-refractivity contribution >= 4 is 28.4 Å². The maximum Gasteiger partial charge on any atom is 0.272 e. The first kappa shape index (κ1) is 19.9. The number of aromatic nitrogens is 2. The number of amides is 1. The third-order valence-electron chi connectivity index (χ3n) is 6.08. The normalized spacial score (nSPS) is 15.7. The maximum atomic E-state index is 13.2. The number of nitrogens with zero attached hydrogens (tertiary/aromatic N) is 4. The number of rotatable bonds is 5. The first-order valence-electron chi connectivity index (χ1n) is 10.2. The van der Waals surface area contributed by atoms with Crippen LogP contribution in [0.3, 0.4) is 0 Å². The number of hydrogen-bond donors (Lipinski definition) is 0. The van der Waals surface area contributed by atoms with Crippen LogP contribution in [0.2, 0.25) is 5.02 Å². The molecule has 1 amide bonds. The number of piperidine rings is 1. The number of aryl methyl sites for hydroxylation is 1. The summed E-state index contributed by atoms with van der Waals surface area (Å²) in [7, 11) is 3.82. The number of para-hydroxylation sites is 1. The van der Waals surface area contributed by atoms with E-state index in [4.69, 9.17) is 11.6 Å². The first-order valence-corrected chi connectivity index (χ1v) is 10.6. The summed E-state index contributed by atoms with van der Waals surface area (Å²) in [6.07, 6.45) is 4.77. The summed E-state index contributed by atoms with van der Waals surface area (Å²) >= 11 is 6.58. The van der Waals surface area contributed by atoms with Crippen LogP contribution in [0, 0.1) is 0 Å². The largest absolute Gasteiger partial charge is 0.338 e. The zero-order valence-corrected chi connectivity index (χ0v) is 17.8. The Kier molecular flexibility index (Phi) is 5.88. The third kappa shape index (κ3) is 4.02. The van der Waals surface area contributed by atoms with Gasteiger partial charge in [-0.25, -0.2) is 0 Å². The molecule has 152 valence electrons. The molecule has 0 bridgehead atoms. The van der Waals surface area contributed by atoms with Crippen LogP contribution in [-0.4, -0.2) is 58.0 Å². The number of carbonyl (C=O) groups is 1. The van der Waals surface area contributed by atoms with Crippen molar-refractivity contribution in [3.05, 3.63) is 65.1 Å². The van der Waals surface area contributed by atoms with Crippen molar-refractivity contribution < 1.29 is 4.79 Å². The molecule has 1 aliphatic heterocycles. The molecule has 0 radical (unpaired) electrons. The van der Waals surface area contributed by atoms with E-state index in [9.17, 15) is 4.79 Å². The lowest BCUT2D eigenvalue weighted by Crippen LogP contribution is -2.46. The second-order valence-corrected chi connectivity index (χ2v) is 8.18. The fourth-order valence-electron chi connectivity index (χ4n) is 4.27. The van der Waals surface area contributed by atoms with E-state index in [0.717, 1.165) is 55.5 Å². The number of benzene rings is 1. The van der Waals surface area contributed by atoms with Crippen molar-refractivity contribution in [1.29, 1.82) is 0 Å². The number of hydrogen-bond acceptors (Lipinski definition) is 3. The molecule has 0 unspecified atom stereocenters. The molecule has 3 aromatic rings. The van der Waals surface area contributed by atoms with Crippen LogP contribution < -0.4 is 0 Å². The predicted molar refractivity (Wildman–Crippen MR) is 117 cm³/mol. The summed E-state index contributed by atoms with van der Waals surface area (Å²) in [5.74, 6) is 0.000588. The highest BCUT2D eigenvalue weighted by atomic mass is 35.5. The molecule has 0 spiro atoms. The molecule has 2 aromatic heterocycles. The van der Waals surface area contributed by atoms with Crippen molar-refractivity contribution in [3.8, 4) is 0 Å². The van der Waals surface area contributed by atoms with Gasteiger partial charge in [-0.15, -0.1) is 0 Å². The van der Waals surface area contributed by atoms with Crippen LogP contribution in [0.1, 0.15) is 29.0 Å². The summed E-state index contributed by atoms with van der Waals surface area (Å²) in [4.78, 5) is 22.0. The number of carbonyl (C=O) groups excluding carboxylic acids is 1. The Bertz CT molecular complexity index is 954. The van der Waals surface area contributed by atoms with Crippen molar-refractivity contribution in [2.45, 2.75) is 25.3 Å². The molecule has 0 N–H and O–H groups in total. The average molecular weight is 411 g/mol. The highest BCUT2D eigenvalue weighted by Gasteiger charge is 2.29. The van der Waals surface area contributed by atoms with Gasteiger partial charge < -0.3 is 14.4 Å². The van der Waals surface area contributed by atoms with Gasteiger partial charge in [0.1, 0.15) is 5.69 Å². The van der Waals surface area contributed by atoms with Crippen molar-refractivity contribution in [1.82, 2.24) is 19.4 Å². The molecular formula is C23H27ClN4O. The smallest absolute Gasteiger partial charge is 0.272 e. The highest BCUT2D eigenvalue weighted by Crippen LogP contribution is 2.31. The first-order chi connectivity index (χ1) is 14.1. The third-order valence-corrected chi connectivity index (χ3v) is 6.47. The average Bonchev–Trinajstić information content (AvgIpc) is 3.03. The molecule has 0 aliphatic carbocycles. The summed E-state index contributed by atoms with van der Waals surface area (Å²) in [6, 6.07) is 14.2. The molecule has 1 aliphatic rings. The van der Waals surface area contributed by atoms with Crippen LogP contribution in [0.4, 0.5) is 0 Å². The molecule has 0 saturated carbocycles. The van der Waals surface area contributed by atoms with Crippen LogP contribution in [0.25, 0.3) is 10.9 Å². The molecule has 0 atom stereocenters. The van der Waals surface area contributed by atoms with Crippen LogP contribution >= 0.6 is 11.6 Å². The Hall–Kier alpha value is -2.37. The van der Waals surface area contributed by atoms with Gasteiger partial charge in [-0.2, -0.15) is 0 Å². The van der Waals surface area contributed by atoms with Crippen LogP contribution in [0.15, 0.2) is 48.7 Å². The number of pyridine rings is 1. The lowest BCUT2D eigenvalue weighted by molar-refractivity contribution is 0.0635. The predicted octanol–water partition coefficient (Wildman–Crippen LogP) is 4.01. The van der Waals surface area contributed by atoms with Gasteiger partial charge in [-0.05, 0) is 31.0 Å². The van der Waals surface area contributed by atoms with E-state index in [1.54, 1.807) is 0 Å². The van der Waals surface area contributed by atoms with E-state index in [-0.39, 0.29) is 11.9 Å². The lowest BCUT2D eigenvalue weighted by Gasteiger charge is -2.36. The summed E-state index contributed by atoms with van der Waals surface area (Å²) < 4.78 is 1.92. The van der Waals surface area contributed by atoms with E-state index in [0.29, 0.717) is 10.7 Å². The number of likely N-dealkylation sites (tertiary alicyclic amines) is 1. The standard InChI is InChI=1S/C23H27ClN4O/c1-26(23(29)22-21(24)19-8-3-4-9-20(19)27(22)2)18-11-15-28(16-12-18)14-10-17-7-5-6-13-25-17/h3-9,13,18H,10-12,14-16H2,1-2H3. The van der Waals surface area contributed by atoms with Crippen molar-refractivity contribution in [2.75, 3.05) is 26.7 Å². The Morgan fingerprint density at radius 3 is 2.59 bits per heavy atom. The molecule has 1 saturated heterocycles. The van der Waals surface area contributed by atoms with Gasteiger partial charge in [0.2, 0.25) is 0 Å². The summed E-state index contributed by atoms with van der Waals surface area (Å²) in [5, 5.41) is 1.48. The molecule has 5 nitrogen and oxygen atoms in total. The minimum absolute atomic E-state index is 0.000588. The van der Waals surface area contributed by atoms with E-state index >= 15 is 0 Å². The Morgan fingerprint density at radius 2 is 1.90 bits per heavy atom. The Labute approximate surface area is 176 Å². The van der Waals surface area contributed by atoms with Gasteiger partial charge in [-0.3, -0.25) is 9.78 Å². The van der Waals surface area contributed by atoms with E-state index in [1.165, 1.54) is 0 Å². The molecule has 29 heavy (non-hydrogen) atoms. The van der Waals surface area contributed by atoms with Crippen LogP contribution in [0.5, 0.6) is 0 Å². The second-order valence-electron chi connectivity index (χ2n) is 7.80. The molecular weight excluding hydrogens is 384 g/mol. The van der Waals surface area contributed by atoms with E-state index in [2.05, 4.69) is 16.0 Å². The van der Waals surface area contributed by atoms with Gasteiger partial charge in [0.25, 0.3) is 5.91 Å². The molecule has 6 heteroatoms. The zero-order valence-electron chi connectivity index (χ0n) is 17.0. The fraction of sp³-hybridized carbons (Fsp3) is 0.391. The Morgan fingerprint density at radius 1 is 1.17 bits per heavy atom. The van der Waals surface area contributed by atoms with Crippen LogP contribution in [-0.2, 0) is 13.5 Å². The molecule has 1 aromatic carbocycles. The van der Waals surface area contributed by atoms with Gasteiger partial charge in [0.05, 0.1) is 5.02 Å². The minimum atomic E-state index is 0.000588. The minimum Gasteiger partial charge on any atom is -0.338 e. The fourth-order valence-corrected chi connectivity index (χ4v) is 4.63. The number of halogens is 1. The van der Waals surface area contributed by atoms with E-state index < -0.39 is 0 Å². The van der Waals surface area contributed by atoms with Crippen molar-refractivity contribution in [2.24, 2.45) is 7.05 Å². The topological polar surface area (TPSA) is 41.4 Å². The summed E-state index contributed by atoms with van der Waals surface area (Å²) in [5.41, 5.74) is 2.69. The van der Waals surface area contributed by atoms with E-state index in [1.807, 2.05) is 66.2 Å². The SMILES string of the molecule is CN(C(=O)c1c(Cl)c2ccccc2n1C)C1CCN(CCc2ccccn2)CC1. The maximum absolute atomic E-state index is 13.2. The molecule has 1 fully saturated rings. The quantitative estimate of drug-likeness (QED) is 0.638. The monoisotopic (exact) mass is 410 g/mol. The highest BCUT2D eigenvalue weighted by molar-refractivity contribution is 6.38. The summed E-state index contributed by atoms with van der Waals surface area (Å²) in [6.45, 7) is 3.01. The lowest BCUT2D eigenvalue weighted by atomic mass is 10.0.